The SMILES string of the molecule is C[P+](C)(C)c1ccc(-c2ccccn2)s1. The van der Waals surface area contributed by atoms with Crippen molar-refractivity contribution in [1.82, 2.24) is 4.98 Å². The van der Waals surface area contributed by atoms with E-state index in [4.69, 9.17) is 0 Å². The predicted octanol–water partition coefficient (Wildman–Crippen LogP) is 3.34. The highest BCUT2D eigenvalue weighted by molar-refractivity contribution is 7.85. The molecule has 0 radical (unpaired) electrons. The van der Waals surface area contributed by atoms with Crippen LogP contribution in [0.4, 0.5) is 0 Å². The monoisotopic (exact) mass is 236 g/mol. The van der Waals surface area contributed by atoms with Crippen LogP contribution in [0.25, 0.3) is 10.6 Å². The first-order valence-electron chi connectivity index (χ1n) is 4.90. The quantitative estimate of drug-likeness (QED) is 0.729. The molecule has 0 fully saturated rings. The molecule has 2 aromatic rings. The average Bonchev–Trinajstić information content (AvgIpc) is 2.67. The number of nitrogens with zero attached hydrogens (tertiary/aromatic N) is 1. The lowest BCUT2D eigenvalue weighted by molar-refractivity contribution is 1.34. The molecule has 1 nitrogen and oxygen atoms in total. The Morgan fingerprint density at radius 1 is 1.07 bits per heavy atom. The molecular formula is C12H15NPS+. The second-order valence-corrected chi connectivity index (χ2v) is 10.3. The van der Waals surface area contributed by atoms with Gasteiger partial charge >= 0.3 is 0 Å². The molecule has 0 saturated heterocycles. The maximum atomic E-state index is 4.37. The fraction of sp³-hybridized carbons (Fsp3) is 0.250. The Morgan fingerprint density at radius 3 is 2.40 bits per heavy atom. The average molecular weight is 236 g/mol. The van der Waals surface area contributed by atoms with Gasteiger partial charge in [0.05, 0.1) is 30.6 Å². The molecule has 0 amide bonds. The summed E-state index contributed by atoms with van der Waals surface area (Å²) in [6.07, 6.45) is 1.85. The van der Waals surface area contributed by atoms with Crippen LogP contribution in [0.5, 0.6) is 0 Å². The minimum atomic E-state index is -0.877. The van der Waals surface area contributed by atoms with Gasteiger partial charge in [-0.15, -0.1) is 0 Å². The van der Waals surface area contributed by atoms with Gasteiger partial charge in [-0.25, -0.2) is 0 Å². The normalized spacial score (nSPS) is 11.7. The molecule has 0 aliphatic heterocycles. The van der Waals surface area contributed by atoms with Gasteiger partial charge in [-0.2, -0.15) is 0 Å². The van der Waals surface area contributed by atoms with Crippen LogP contribution in [0, 0.1) is 0 Å². The summed E-state index contributed by atoms with van der Waals surface area (Å²) in [6.45, 7) is 7.04. The van der Waals surface area contributed by atoms with Crippen molar-refractivity contribution in [3.05, 3.63) is 36.5 Å². The summed E-state index contributed by atoms with van der Waals surface area (Å²) < 4.78 is 1.52. The van der Waals surface area contributed by atoms with Gasteiger partial charge < -0.3 is 0 Å². The molecule has 0 aliphatic carbocycles. The fourth-order valence-electron chi connectivity index (χ4n) is 1.33. The topological polar surface area (TPSA) is 12.9 Å². The summed E-state index contributed by atoms with van der Waals surface area (Å²) in [5.74, 6) is 0. The van der Waals surface area contributed by atoms with Crippen LogP contribution < -0.4 is 4.62 Å². The summed E-state index contributed by atoms with van der Waals surface area (Å²) >= 11 is 1.88. The van der Waals surface area contributed by atoms with E-state index in [1.54, 1.807) is 0 Å². The summed E-state index contributed by atoms with van der Waals surface area (Å²) in [7, 11) is -0.877. The van der Waals surface area contributed by atoms with Crippen molar-refractivity contribution in [2.24, 2.45) is 0 Å². The Labute approximate surface area is 95.5 Å². The van der Waals surface area contributed by atoms with Crippen molar-refractivity contribution in [3.63, 3.8) is 0 Å². The van der Waals surface area contributed by atoms with E-state index in [1.807, 2.05) is 29.7 Å². The number of hydrogen-bond acceptors (Lipinski definition) is 2. The molecule has 0 saturated carbocycles. The smallest absolute Gasteiger partial charge is 0.146 e. The first-order valence-corrected chi connectivity index (χ1v) is 8.85. The van der Waals surface area contributed by atoms with Crippen LogP contribution in [-0.4, -0.2) is 25.0 Å². The minimum absolute atomic E-state index is 0.877. The number of aromatic nitrogens is 1. The van der Waals surface area contributed by atoms with Crippen molar-refractivity contribution < 1.29 is 0 Å². The number of pyridine rings is 1. The van der Waals surface area contributed by atoms with Gasteiger partial charge in [-0.3, -0.25) is 4.98 Å². The lowest BCUT2D eigenvalue weighted by atomic mass is 10.3. The lowest BCUT2D eigenvalue weighted by Gasteiger charge is -2.06. The first kappa shape index (κ1) is 10.8. The maximum absolute atomic E-state index is 4.37. The predicted molar refractivity (Wildman–Crippen MR) is 71.9 cm³/mol. The highest BCUT2D eigenvalue weighted by Gasteiger charge is 2.23. The van der Waals surface area contributed by atoms with Crippen molar-refractivity contribution in [1.29, 1.82) is 0 Å². The van der Waals surface area contributed by atoms with Gasteiger partial charge in [0.1, 0.15) is 4.62 Å². The standard InChI is InChI=1S/C12H15NPS/c1-14(2,3)12-8-7-11(15-12)10-6-4-5-9-13-10/h4-9H,1-3H3/q+1. The molecule has 0 unspecified atom stereocenters. The van der Waals surface area contributed by atoms with Crippen LogP contribution in [0.15, 0.2) is 36.5 Å². The zero-order valence-electron chi connectivity index (χ0n) is 9.27. The van der Waals surface area contributed by atoms with Crippen molar-refractivity contribution in [3.8, 4) is 10.6 Å². The highest BCUT2D eigenvalue weighted by Crippen LogP contribution is 2.47. The maximum Gasteiger partial charge on any atom is 0.146 e. The molecule has 15 heavy (non-hydrogen) atoms. The molecule has 3 heteroatoms. The molecule has 0 aromatic carbocycles. The Hall–Kier alpha value is -0.720. The van der Waals surface area contributed by atoms with Crippen LogP contribution in [0.2, 0.25) is 0 Å². The Morgan fingerprint density at radius 2 is 1.87 bits per heavy atom. The van der Waals surface area contributed by atoms with Gasteiger partial charge in [0, 0.05) is 13.5 Å². The summed E-state index contributed by atoms with van der Waals surface area (Å²) in [5, 5.41) is 0. The van der Waals surface area contributed by atoms with E-state index >= 15 is 0 Å². The minimum Gasteiger partial charge on any atom is -0.255 e. The van der Waals surface area contributed by atoms with Crippen molar-refractivity contribution in [2.75, 3.05) is 20.0 Å². The van der Waals surface area contributed by atoms with Gasteiger partial charge in [0.15, 0.2) is 0 Å². The van der Waals surface area contributed by atoms with Crippen LogP contribution >= 0.6 is 18.6 Å². The second-order valence-electron chi connectivity index (χ2n) is 4.37. The molecule has 0 atom stereocenters. The lowest BCUT2D eigenvalue weighted by Crippen LogP contribution is -2.00. The van der Waals surface area contributed by atoms with E-state index in [9.17, 15) is 0 Å². The highest BCUT2D eigenvalue weighted by atomic mass is 32.1. The first-order chi connectivity index (χ1) is 7.07. The fourth-order valence-corrected chi connectivity index (χ4v) is 3.97. The summed E-state index contributed by atoms with van der Waals surface area (Å²) in [4.78, 5) is 5.65. The van der Waals surface area contributed by atoms with E-state index in [-0.39, 0.29) is 0 Å². The molecule has 2 aromatic heterocycles. The molecule has 2 heterocycles. The zero-order valence-corrected chi connectivity index (χ0v) is 11.0. The Bertz CT molecular complexity index is 442. The molecule has 0 spiro atoms. The van der Waals surface area contributed by atoms with Crippen LogP contribution in [0.1, 0.15) is 0 Å². The van der Waals surface area contributed by atoms with E-state index in [1.165, 1.54) is 9.50 Å². The number of thiophene rings is 1. The Kier molecular flexibility index (Phi) is 2.90. The van der Waals surface area contributed by atoms with E-state index < -0.39 is 7.26 Å². The third-order valence-electron chi connectivity index (χ3n) is 2.17. The molecule has 78 valence electrons. The van der Waals surface area contributed by atoms with E-state index in [0.717, 1.165) is 5.69 Å². The van der Waals surface area contributed by atoms with Crippen LogP contribution in [-0.2, 0) is 0 Å². The van der Waals surface area contributed by atoms with Crippen molar-refractivity contribution in [2.45, 2.75) is 0 Å². The molecule has 0 aliphatic rings. The number of hydrogen-bond donors (Lipinski definition) is 0. The molecular weight excluding hydrogens is 221 g/mol. The largest absolute Gasteiger partial charge is 0.255 e. The molecule has 0 bridgehead atoms. The van der Waals surface area contributed by atoms with Crippen LogP contribution in [0.3, 0.4) is 0 Å². The molecule has 0 N–H and O–H groups in total. The van der Waals surface area contributed by atoms with Gasteiger partial charge in [-0.1, -0.05) is 17.4 Å². The third kappa shape index (κ3) is 2.45. The van der Waals surface area contributed by atoms with E-state index in [0.29, 0.717) is 0 Å². The van der Waals surface area contributed by atoms with Gasteiger partial charge in [-0.05, 0) is 24.3 Å². The second kappa shape index (κ2) is 4.03. The third-order valence-corrected chi connectivity index (χ3v) is 6.47. The van der Waals surface area contributed by atoms with Gasteiger partial charge in [0.25, 0.3) is 0 Å². The summed E-state index contributed by atoms with van der Waals surface area (Å²) in [5.41, 5.74) is 1.09. The number of rotatable bonds is 2. The summed E-state index contributed by atoms with van der Waals surface area (Å²) in [6, 6.07) is 10.5. The van der Waals surface area contributed by atoms with Crippen molar-refractivity contribution >= 4 is 23.2 Å². The molecule has 2 rings (SSSR count). The Balaban J connectivity index is 2.37. The van der Waals surface area contributed by atoms with Gasteiger partial charge in [0.2, 0.25) is 0 Å². The van der Waals surface area contributed by atoms with E-state index in [2.05, 4.69) is 43.2 Å². The zero-order chi connectivity index (χ0) is 10.9.